The third kappa shape index (κ3) is 2.80. The number of hydrogen-bond acceptors (Lipinski definition) is 7. The fourth-order valence-electron chi connectivity index (χ4n) is 1.85. The molecule has 0 bridgehead atoms. The Balaban J connectivity index is 1.54. The third-order valence-corrected chi connectivity index (χ3v) is 5.32. The summed E-state index contributed by atoms with van der Waals surface area (Å²) >= 11 is 4.41. The van der Waals surface area contributed by atoms with E-state index in [1.54, 1.807) is 11.3 Å². The summed E-state index contributed by atoms with van der Waals surface area (Å²) in [5.74, 6) is 1.52. The van der Waals surface area contributed by atoms with E-state index in [4.69, 9.17) is 0 Å². The molecular formula is C14H9N5S3. The molecule has 0 atom stereocenters. The van der Waals surface area contributed by atoms with E-state index in [1.807, 2.05) is 47.8 Å². The van der Waals surface area contributed by atoms with Gasteiger partial charge < -0.3 is 0 Å². The number of hydrogen-bond donors (Lipinski definition) is 1. The molecule has 1 N–H and O–H groups in total. The van der Waals surface area contributed by atoms with Gasteiger partial charge >= 0.3 is 0 Å². The standard InChI is InChI=1S/C14H9N5S3/c1-2-5-9(6-3-1)11-15-13(18-17-11)21-14-16-12(19-22-14)10-7-4-8-20-10/h1-8H,(H,15,17,18). The van der Waals surface area contributed by atoms with Crippen LogP contribution in [0.1, 0.15) is 0 Å². The van der Waals surface area contributed by atoms with Gasteiger partial charge in [-0.05, 0) is 34.7 Å². The molecule has 8 heteroatoms. The van der Waals surface area contributed by atoms with E-state index in [0.29, 0.717) is 5.16 Å². The number of H-pyrrole nitrogens is 1. The predicted molar refractivity (Wildman–Crippen MR) is 89.2 cm³/mol. The number of rotatable bonds is 4. The maximum atomic E-state index is 4.52. The first-order chi connectivity index (χ1) is 10.9. The van der Waals surface area contributed by atoms with Crippen molar-refractivity contribution in [2.75, 3.05) is 0 Å². The van der Waals surface area contributed by atoms with Crippen LogP contribution in [0, 0.1) is 0 Å². The summed E-state index contributed by atoms with van der Waals surface area (Å²) in [6, 6.07) is 13.9. The molecule has 3 heterocycles. The van der Waals surface area contributed by atoms with Crippen LogP contribution < -0.4 is 0 Å². The van der Waals surface area contributed by atoms with E-state index in [1.165, 1.54) is 23.3 Å². The highest BCUT2D eigenvalue weighted by atomic mass is 32.2. The molecule has 0 saturated carbocycles. The largest absolute Gasteiger partial charge is 0.258 e. The van der Waals surface area contributed by atoms with Crippen molar-refractivity contribution >= 4 is 34.6 Å². The molecule has 0 spiro atoms. The molecular weight excluding hydrogens is 334 g/mol. The maximum Gasteiger partial charge on any atom is 0.215 e. The highest BCUT2D eigenvalue weighted by molar-refractivity contribution is 8.00. The summed E-state index contributed by atoms with van der Waals surface area (Å²) in [5, 5.41) is 9.85. The average molecular weight is 343 g/mol. The molecule has 0 radical (unpaired) electrons. The number of benzene rings is 1. The molecule has 5 nitrogen and oxygen atoms in total. The predicted octanol–water partition coefficient (Wildman–Crippen LogP) is 4.20. The Morgan fingerprint density at radius 1 is 1.00 bits per heavy atom. The number of thiophene rings is 1. The Morgan fingerprint density at radius 2 is 1.91 bits per heavy atom. The normalized spacial score (nSPS) is 10.9. The molecule has 0 aliphatic heterocycles. The van der Waals surface area contributed by atoms with E-state index in [9.17, 15) is 0 Å². The molecule has 0 aliphatic rings. The molecule has 4 rings (SSSR count). The lowest BCUT2D eigenvalue weighted by molar-refractivity contribution is 0.972. The summed E-state index contributed by atoms with van der Waals surface area (Å²) in [4.78, 5) is 10.1. The number of nitrogens with one attached hydrogen (secondary N) is 1. The summed E-state index contributed by atoms with van der Waals surface area (Å²) in [6.07, 6.45) is 0. The van der Waals surface area contributed by atoms with Gasteiger partial charge in [0.05, 0.1) is 4.88 Å². The first-order valence-corrected chi connectivity index (χ1v) is 8.89. The van der Waals surface area contributed by atoms with Crippen molar-refractivity contribution in [2.45, 2.75) is 9.50 Å². The van der Waals surface area contributed by atoms with Crippen LogP contribution in [0.5, 0.6) is 0 Å². The molecule has 22 heavy (non-hydrogen) atoms. The van der Waals surface area contributed by atoms with Gasteiger partial charge in [0, 0.05) is 5.56 Å². The van der Waals surface area contributed by atoms with Gasteiger partial charge in [-0.1, -0.05) is 36.4 Å². The van der Waals surface area contributed by atoms with Gasteiger partial charge in [-0.3, -0.25) is 5.10 Å². The van der Waals surface area contributed by atoms with Gasteiger partial charge in [-0.15, -0.1) is 16.4 Å². The van der Waals surface area contributed by atoms with Gasteiger partial charge in [0.1, 0.15) is 0 Å². The van der Waals surface area contributed by atoms with Crippen LogP contribution in [0.4, 0.5) is 0 Å². The van der Waals surface area contributed by atoms with Gasteiger partial charge in [-0.2, -0.15) is 4.37 Å². The second kappa shape index (κ2) is 5.99. The van der Waals surface area contributed by atoms with Crippen molar-refractivity contribution in [2.24, 2.45) is 0 Å². The summed E-state index contributed by atoms with van der Waals surface area (Å²) in [6.45, 7) is 0. The topological polar surface area (TPSA) is 67.3 Å². The molecule has 0 amide bonds. The zero-order valence-corrected chi connectivity index (χ0v) is 13.6. The Labute approximate surface area is 138 Å². The molecule has 108 valence electrons. The van der Waals surface area contributed by atoms with Gasteiger partial charge in [-0.25, -0.2) is 9.97 Å². The Hall–Kier alpha value is -2.03. The van der Waals surface area contributed by atoms with Crippen LogP contribution in [0.25, 0.3) is 22.1 Å². The molecule has 0 unspecified atom stereocenters. The Kier molecular flexibility index (Phi) is 3.71. The van der Waals surface area contributed by atoms with E-state index in [2.05, 4.69) is 24.5 Å². The minimum Gasteiger partial charge on any atom is -0.258 e. The summed E-state index contributed by atoms with van der Waals surface area (Å²) in [5.41, 5.74) is 1.01. The Bertz CT molecular complexity index is 867. The molecule has 4 aromatic rings. The SMILES string of the molecule is c1ccc(-c2nc(Sc3nc(-c4cccs4)ns3)n[nH]2)cc1. The monoisotopic (exact) mass is 343 g/mol. The fraction of sp³-hybridized carbons (Fsp3) is 0. The first kappa shape index (κ1) is 13.6. The molecule has 1 aromatic carbocycles. The minimum absolute atomic E-state index is 0.646. The first-order valence-electron chi connectivity index (χ1n) is 6.42. The second-order valence-corrected chi connectivity index (χ2v) is 7.21. The lowest BCUT2D eigenvalue weighted by atomic mass is 10.2. The fourth-order valence-corrected chi connectivity index (χ4v) is 4.00. The molecule has 0 aliphatic carbocycles. The van der Waals surface area contributed by atoms with Crippen LogP contribution in [0.15, 0.2) is 57.3 Å². The summed E-state index contributed by atoms with van der Waals surface area (Å²) < 4.78 is 5.21. The Morgan fingerprint density at radius 3 is 2.73 bits per heavy atom. The van der Waals surface area contributed by atoms with Crippen LogP contribution in [-0.4, -0.2) is 24.5 Å². The molecule has 3 aromatic heterocycles. The van der Waals surface area contributed by atoms with Crippen LogP contribution in [-0.2, 0) is 0 Å². The van der Waals surface area contributed by atoms with Crippen molar-refractivity contribution in [3.8, 4) is 22.1 Å². The highest BCUT2D eigenvalue weighted by Gasteiger charge is 2.12. The summed E-state index contributed by atoms with van der Waals surface area (Å²) in [7, 11) is 0. The minimum atomic E-state index is 0.646. The lowest BCUT2D eigenvalue weighted by Crippen LogP contribution is -1.79. The van der Waals surface area contributed by atoms with Gasteiger partial charge in [0.15, 0.2) is 16.0 Å². The van der Waals surface area contributed by atoms with E-state index in [0.717, 1.165) is 26.4 Å². The van der Waals surface area contributed by atoms with Crippen LogP contribution in [0.2, 0.25) is 0 Å². The maximum absolute atomic E-state index is 4.52. The van der Waals surface area contributed by atoms with Gasteiger partial charge in [0.2, 0.25) is 5.16 Å². The van der Waals surface area contributed by atoms with Crippen molar-refractivity contribution in [1.29, 1.82) is 0 Å². The van der Waals surface area contributed by atoms with Crippen molar-refractivity contribution in [3.05, 3.63) is 47.8 Å². The van der Waals surface area contributed by atoms with E-state index >= 15 is 0 Å². The molecule has 0 saturated heterocycles. The zero-order chi connectivity index (χ0) is 14.8. The molecule has 0 fully saturated rings. The smallest absolute Gasteiger partial charge is 0.215 e. The third-order valence-electron chi connectivity index (χ3n) is 2.84. The average Bonchev–Trinajstić information content (AvgIpc) is 3.30. The highest BCUT2D eigenvalue weighted by Crippen LogP contribution is 2.31. The van der Waals surface area contributed by atoms with E-state index < -0.39 is 0 Å². The van der Waals surface area contributed by atoms with E-state index in [-0.39, 0.29) is 0 Å². The lowest BCUT2D eigenvalue weighted by Gasteiger charge is -1.92. The number of nitrogens with zero attached hydrogens (tertiary/aromatic N) is 4. The second-order valence-electron chi connectivity index (χ2n) is 4.30. The van der Waals surface area contributed by atoms with Crippen LogP contribution in [0.3, 0.4) is 0 Å². The van der Waals surface area contributed by atoms with Crippen molar-refractivity contribution in [1.82, 2.24) is 24.5 Å². The number of aromatic amines is 1. The zero-order valence-electron chi connectivity index (χ0n) is 11.1. The van der Waals surface area contributed by atoms with Crippen molar-refractivity contribution in [3.63, 3.8) is 0 Å². The number of aromatic nitrogens is 5. The van der Waals surface area contributed by atoms with Gasteiger partial charge in [0.25, 0.3) is 0 Å². The van der Waals surface area contributed by atoms with Crippen LogP contribution >= 0.6 is 34.6 Å². The quantitative estimate of drug-likeness (QED) is 0.601. The van der Waals surface area contributed by atoms with Crippen molar-refractivity contribution < 1.29 is 0 Å².